The Morgan fingerprint density at radius 2 is 1.54 bits per heavy atom. The van der Waals surface area contributed by atoms with Crippen LogP contribution in [0.25, 0.3) is 0 Å². The van der Waals surface area contributed by atoms with Crippen LogP contribution in [0.15, 0.2) is 54.7 Å². The number of aromatic nitrogens is 2. The Kier molecular flexibility index (Phi) is 10.5. The highest BCUT2D eigenvalue weighted by molar-refractivity contribution is 7.80. The Balaban J connectivity index is 1.17. The molecule has 4 aromatic rings. The topological polar surface area (TPSA) is 123 Å². The zero-order valence-electron chi connectivity index (χ0n) is 25.3. The zero-order chi connectivity index (χ0) is 34.7. The fourth-order valence-electron chi connectivity index (χ4n) is 4.90. The van der Waals surface area contributed by atoms with E-state index < -0.39 is 63.2 Å². The van der Waals surface area contributed by atoms with Crippen molar-refractivity contribution in [2.45, 2.75) is 18.6 Å². The number of benzene rings is 3. The molecule has 254 valence electrons. The average molecular weight is 710 g/mol. The van der Waals surface area contributed by atoms with Gasteiger partial charge in [0.05, 0.1) is 17.5 Å². The lowest BCUT2D eigenvalue weighted by Gasteiger charge is -2.35. The molecule has 2 N–H and O–H groups in total. The summed E-state index contributed by atoms with van der Waals surface area (Å²) in [5.41, 5.74) is 2.56. The zero-order valence-corrected chi connectivity index (χ0v) is 26.9. The molecule has 17 heteroatoms. The molecule has 1 atom stereocenters. The van der Waals surface area contributed by atoms with Crippen LogP contribution in [-0.2, 0) is 20.6 Å². The minimum Gasteiger partial charge on any atom is -0.772 e. The number of esters is 1. The molecule has 0 bridgehead atoms. The van der Waals surface area contributed by atoms with Gasteiger partial charge in [-0.3, -0.25) is 13.9 Å². The van der Waals surface area contributed by atoms with E-state index in [-0.39, 0.29) is 16.8 Å². The van der Waals surface area contributed by atoms with Crippen molar-refractivity contribution in [3.63, 3.8) is 0 Å². The van der Waals surface area contributed by atoms with E-state index in [2.05, 4.69) is 25.3 Å². The first kappa shape index (κ1) is 34.9. The maximum Gasteiger partial charge on any atom is 0.325 e. The first-order valence-electron chi connectivity index (χ1n) is 14.3. The van der Waals surface area contributed by atoms with Gasteiger partial charge >= 0.3 is 5.97 Å². The second-order valence-electron chi connectivity index (χ2n) is 11.1. The van der Waals surface area contributed by atoms with Gasteiger partial charge in [0, 0.05) is 43.2 Å². The summed E-state index contributed by atoms with van der Waals surface area (Å²) in [6, 6.07) is 14.2. The highest BCUT2D eigenvalue weighted by Crippen LogP contribution is 2.35. The number of halogens is 6. The first-order valence-corrected chi connectivity index (χ1v) is 15.8. The van der Waals surface area contributed by atoms with E-state index in [0.29, 0.717) is 43.1 Å². The molecule has 1 aliphatic heterocycles. The monoisotopic (exact) mass is 709 g/mol. The largest absolute Gasteiger partial charge is 0.772 e. The Bertz CT molecular complexity index is 1830. The maximum atomic E-state index is 13.9. The molecule has 0 radical (unpaired) electrons. The molecular weight excluding hydrogens is 683 g/mol. The summed E-state index contributed by atoms with van der Waals surface area (Å²) in [5, 5.41) is 6.42. The number of ether oxygens (including phenoxy) is 1. The number of rotatable bonds is 10. The lowest BCUT2D eigenvalue weighted by Crippen LogP contribution is -2.48. The van der Waals surface area contributed by atoms with E-state index in [1.807, 2.05) is 17.0 Å². The molecule has 0 spiro atoms. The predicted octanol–water partition coefficient (Wildman–Crippen LogP) is 6.15. The van der Waals surface area contributed by atoms with Crippen LogP contribution in [0.2, 0.25) is 5.02 Å². The molecule has 0 aliphatic carbocycles. The molecule has 48 heavy (non-hydrogen) atoms. The quantitative estimate of drug-likeness (QED) is 0.0495. The molecule has 3 aromatic carbocycles. The number of nitrogens with zero attached hydrogens (tertiary/aromatic N) is 4. The number of hydrogen-bond acceptors (Lipinski definition) is 10. The molecule has 10 nitrogen and oxygen atoms in total. The Morgan fingerprint density at radius 1 is 0.938 bits per heavy atom. The van der Waals surface area contributed by atoms with Crippen molar-refractivity contribution in [2.75, 3.05) is 48.3 Å². The summed E-state index contributed by atoms with van der Waals surface area (Å²) >= 11 is 3.95. The normalized spacial score (nSPS) is 14.5. The molecular formula is C31H27ClF5N6O4S-. The van der Waals surface area contributed by atoms with Crippen molar-refractivity contribution in [2.24, 2.45) is 0 Å². The SMILES string of the molecule is CC(C)(c1ccccc1Nc1nc(Nc2ccc(N3CCN(CC(=O)Oc4c(F)c(F)c(F)c(F)c4F)CC3)cc2)ncc1Cl)S(=O)[O-]. The molecule has 2 heterocycles. The van der Waals surface area contributed by atoms with Crippen molar-refractivity contribution in [1.29, 1.82) is 0 Å². The van der Waals surface area contributed by atoms with Crippen molar-refractivity contribution in [1.82, 2.24) is 14.9 Å². The van der Waals surface area contributed by atoms with Crippen LogP contribution >= 0.6 is 11.6 Å². The van der Waals surface area contributed by atoms with Crippen LogP contribution < -0.4 is 20.3 Å². The van der Waals surface area contributed by atoms with E-state index in [0.717, 1.165) is 5.69 Å². The van der Waals surface area contributed by atoms with E-state index in [9.17, 15) is 35.5 Å². The lowest BCUT2D eigenvalue weighted by molar-refractivity contribution is -0.136. The summed E-state index contributed by atoms with van der Waals surface area (Å²) in [5.74, 6) is -13.5. The number of piperazine rings is 1. The highest BCUT2D eigenvalue weighted by atomic mass is 35.5. The third-order valence-electron chi connectivity index (χ3n) is 7.59. The maximum absolute atomic E-state index is 13.9. The Morgan fingerprint density at radius 3 is 2.17 bits per heavy atom. The smallest absolute Gasteiger partial charge is 0.325 e. The fraction of sp³-hybridized carbons (Fsp3) is 0.258. The molecule has 1 aliphatic rings. The minimum absolute atomic E-state index is 0.219. The van der Waals surface area contributed by atoms with Gasteiger partial charge in [0.25, 0.3) is 0 Å². The summed E-state index contributed by atoms with van der Waals surface area (Å²) < 4.78 is 94.9. The van der Waals surface area contributed by atoms with E-state index in [4.69, 9.17) is 11.6 Å². The van der Waals surface area contributed by atoms with E-state index in [1.54, 1.807) is 55.1 Å². The molecule has 0 saturated carbocycles. The Hall–Kier alpha value is -4.38. The van der Waals surface area contributed by atoms with Gasteiger partial charge in [-0.25, -0.2) is 18.2 Å². The van der Waals surface area contributed by atoms with Gasteiger partial charge < -0.3 is 24.8 Å². The highest BCUT2D eigenvalue weighted by Gasteiger charge is 2.30. The van der Waals surface area contributed by atoms with Crippen molar-refractivity contribution >= 4 is 57.5 Å². The minimum atomic E-state index is -2.40. The van der Waals surface area contributed by atoms with Crippen LogP contribution in [-0.4, -0.2) is 62.3 Å². The van der Waals surface area contributed by atoms with Crippen LogP contribution in [0.1, 0.15) is 19.4 Å². The molecule has 1 unspecified atom stereocenters. The van der Waals surface area contributed by atoms with Crippen LogP contribution in [0, 0.1) is 29.1 Å². The van der Waals surface area contributed by atoms with Crippen molar-refractivity contribution < 1.29 is 40.2 Å². The summed E-state index contributed by atoms with van der Waals surface area (Å²) in [6.45, 7) is 4.40. The van der Waals surface area contributed by atoms with Gasteiger partial charge in [-0.1, -0.05) is 29.8 Å². The third-order valence-corrected chi connectivity index (χ3v) is 8.92. The van der Waals surface area contributed by atoms with Crippen LogP contribution in [0.5, 0.6) is 5.75 Å². The van der Waals surface area contributed by atoms with Gasteiger partial charge in [0.15, 0.2) is 5.82 Å². The van der Waals surface area contributed by atoms with E-state index >= 15 is 0 Å². The standard InChI is InChI=1S/C31H28ClF5N6O4S/c1-31(2,48(45)46)19-5-3-4-6-21(19)40-29-20(32)15-38-30(41-29)39-17-7-9-18(10-8-17)43-13-11-42(12-14-43)16-22(44)47-28-26(36)24(34)23(33)25(35)27(28)37/h3-10,15H,11-14,16H2,1-2H3,(H,45,46)(H2,38,39,40,41)/p-1. The van der Waals surface area contributed by atoms with Gasteiger partial charge in [0.2, 0.25) is 40.8 Å². The lowest BCUT2D eigenvalue weighted by atomic mass is 10.00. The van der Waals surface area contributed by atoms with Crippen LogP contribution in [0.4, 0.5) is 50.8 Å². The summed E-state index contributed by atoms with van der Waals surface area (Å²) in [7, 11) is 0. The number of hydrogen-bond donors (Lipinski definition) is 2. The molecule has 1 fully saturated rings. The number of anilines is 5. The van der Waals surface area contributed by atoms with Gasteiger partial charge in [-0.15, -0.1) is 0 Å². The fourth-order valence-corrected chi connectivity index (χ4v) is 5.40. The first-order chi connectivity index (χ1) is 22.8. The van der Waals surface area contributed by atoms with E-state index in [1.165, 1.54) is 6.20 Å². The average Bonchev–Trinajstić information content (AvgIpc) is 3.07. The predicted molar refractivity (Wildman–Crippen MR) is 169 cm³/mol. The Labute approximate surface area is 279 Å². The molecule has 5 rings (SSSR count). The molecule has 0 amide bonds. The molecule has 1 aromatic heterocycles. The summed E-state index contributed by atoms with van der Waals surface area (Å²) in [6.07, 6.45) is 1.41. The van der Waals surface area contributed by atoms with Gasteiger partial charge in [0.1, 0.15) is 5.02 Å². The summed E-state index contributed by atoms with van der Waals surface area (Å²) in [4.78, 5) is 24.6. The molecule has 1 saturated heterocycles. The number of nitrogens with one attached hydrogen (secondary N) is 2. The number of carbonyl (C=O) groups excluding carboxylic acids is 1. The van der Waals surface area contributed by atoms with Gasteiger partial charge in [-0.2, -0.15) is 13.8 Å². The number of para-hydroxylation sites is 1. The second kappa shape index (κ2) is 14.4. The van der Waals surface area contributed by atoms with Crippen LogP contribution in [0.3, 0.4) is 0 Å². The van der Waals surface area contributed by atoms with Gasteiger partial charge in [-0.05, 0) is 60.8 Å². The van der Waals surface area contributed by atoms with Crippen molar-refractivity contribution in [3.8, 4) is 5.75 Å². The third kappa shape index (κ3) is 7.51. The second-order valence-corrected chi connectivity index (χ2v) is 13.0. The number of carbonyl (C=O) groups is 1. The van der Waals surface area contributed by atoms with Crippen molar-refractivity contribution in [3.05, 3.63) is 94.4 Å².